The van der Waals surface area contributed by atoms with E-state index < -0.39 is 5.60 Å². The van der Waals surface area contributed by atoms with Gasteiger partial charge in [-0.1, -0.05) is 19.3 Å². The molecule has 0 amide bonds. The summed E-state index contributed by atoms with van der Waals surface area (Å²) in [6.07, 6.45) is 5.02. The van der Waals surface area contributed by atoms with E-state index in [-0.39, 0.29) is 5.82 Å². The Labute approximate surface area is 109 Å². The van der Waals surface area contributed by atoms with Crippen LogP contribution in [0.2, 0.25) is 0 Å². The summed E-state index contributed by atoms with van der Waals surface area (Å²) >= 11 is 3.12. The molecule has 0 bridgehead atoms. The molecule has 1 fully saturated rings. The molecule has 17 heavy (non-hydrogen) atoms. The summed E-state index contributed by atoms with van der Waals surface area (Å²) in [5, 5.41) is 13.4. The highest BCUT2D eigenvalue weighted by Crippen LogP contribution is 2.28. The Morgan fingerprint density at radius 3 is 2.65 bits per heavy atom. The maximum absolute atomic E-state index is 13.3. The molecule has 0 aromatic heterocycles. The van der Waals surface area contributed by atoms with Gasteiger partial charge < -0.3 is 10.4 Å². The average Bonchev–Trinajstić information content (AvgIpc) is 2.32. The van der Waals surface area contributed by atoms with Crippen LogP contribution in [0.1, 0.15) is 32.1 Å². The minimum absolute atomic E-state index is 0.286. The first kappa shape index (κ1) is 12.8. The molecule has 0 unspecified atom stereocenters. The number of anilines is 1. The summed E-state index contributed by atoms with van der Waals surface area (Å²) < 4.78 is 13.7. The van der Waals surface area contributed by atoms with Crippen LogP contribution in [0, 0.1) is 5.82 Å². The summed E-state index contributed by atoms with van der Waals surface area (Å²) in [6, 6.07) is 4.91. The van der Waals surface area contributed by atoms with E-state index in [1.165, 1.54) is 12.5 Å². The topological polar surface area (TPSA) is 32.3 Å². The number of nitrogens with one attached hydrogen (secondary N) is 1. The van der Waals surface area contributed by atoms with Gasteiger partial charge in [0.1, 0.15) is 5.82 Å². The van der Waals surface area contributed by atoms with E-state index in [4.69, 9.17) is 0 Å². The predicted molar refractivity (Wildman–Crippen MR) is 70.6 cm³/mol. The molecular formula is C13H17BrFNO. The first-order valence-electron chi connectivity index (χ1n) is 6.00. The SMILES string of the molecule is OC1(CNc2ccc(Br)c(F)c2)CCCCC1. The molecule has 2 nitrogen and oxygen atoms in total. The van der Waals surface area contributed by atoms with Crippen LogP contribution >= 0.6 is 15.9 Å². The van der Waals surface area contributed by atoms with Crippen LogP contribution in [-0.2, 0) is 0 Å². The zero-order valence-electron chi connectivity index (χ0n) is 9.68. The van der Waals surface area contributed by atoms with E-state index in [1.807, 2.05) is 0 Å². The lowest BCUT2D eigenvalue weighted by atomic mass is 9.85. The van der Waals surface area contributed by atoms with E-state index in [0.29, 0.717) is 16.7 Å². The lowest BCUT2D eigenvalue weighted by molar-refractivity contribution is 0.0167. The first-order chi connectivity index (χ1) is 8.09. The van der Waals surface area contributed by atoms with Gasteiger partial charge in [-0.3, -0.25) is 0 Å². The molecule has 0 saturated heterocycles. The van der Waals surface area contributed by atoms with Crippen molar-refractivity contribution < 1.29 is 9.50 Å². The molecular weight excluding hydrogens is 285 g/mol. The monoisotopic (exact) mass is 301 g/mol. The van der Waals surface area contributed by atoms with Gasteiger partial charge in [0, 0.05) is 12.2 Å². The van der Waals surface area contributed by atoms with Crippen molar-refractivity contribution in [3.05, 3.63) is 28.5 Å². The summed E-state index contributed by atoms with van der Waals surface area (Å²) in [6.45, 7) is 0.494. The lowest BCUT2D eigenvalue weighted by Gasteiger charge is -2.32. The van der Waals surface area contributed by atoms with Crippen LogP contribution in [0.15, 0.2) is 22.7 Å². The Bertz CT molecular complexity index is 391. The van der Waals surface area contributed by atoms with Crippen molar-refractivity contribution in [1.82, 2.24) is 0 Å². The zero-order valence-corrected chi connectivity index (χ0v) is 11.3. The minimum Gasteiger partial charge on any atom is -0.388 e. The third kappa shape index (κ3) is 3.42. The molecule has 1 aromatic rings. The van der Waals surface area contributed by atoms with E-state index in [9.17, 15) is 9.50 Å². The number of hydrogen-bond acceptors (Lipinski definition) is 2. The highest BCUT2D eigenvalue weighted by molar-refractivity contribution is 9.10. The second-order valence-electron chi connectivity index (χ2n) is 4.77. The van der Waals surface area contributed by atoms with Crippen molar-refractivity contribution in [3.63, 3.8) is 0 Å². The van der Waals surface area contributed by atoms with Gasteiger partial charge in [-0.2, -0.15) is 0 Å². The minimum atomic E-state index is -0.623. The highest BCUT2D eigenvalue weighted by Gasteiger charge is 2.28. The smallest absolute Gasteiger partial charge is 0.139 e. The van der Waals surface area contributed by atoms with Crippen molar-refractivity contribution in [2.24, 2.45) is 0 Å². The molecule has 0 atom stereocenters. The van der Waals surface area contributed by atoms with Crippen molar-refractivity contribution in [2.45, 2.75) is 37.7 Å². The third-order valence-corrected chi connectivity index (χ3v) is 3.97. The fourth-order valence-corrected chi connectivity index (χ4v) is 2.51. The summed E-state index contributed by atoms with van der Waals surface area (Å²) in [5.74, 6) is -0.286. The van der Waals surface area contributed by atoms with Gasteiger partial charge in [0.05, 0.1) is 10.1 Å². The molecule has 0 heterocycles. The molecule has 0 radical (unpaired) electrons. The third-order valence-electron chi connectivity index (χ3n) is 3.33. The van der Waals surface area contributed by atoms with Crippen LogP contribution in [-0.4, -0.2) is 17.3 Å². The summed E-state index contributed by atoms with van der Waals surface area (Å²) in [7, 11) is 0. The maximum atomic E-state index is 13.3. The second kappa shape index (κ2) is 5.36. The quantitative estimate of drug-likeness (QED) is 0.892. The molecule has 0 aliphatic heterocycles. The van der Waals surface area contributed by atoms with Gasteiger partial charge in [0.2, 0.25) is 0 Å². The Kier molecular flexibility index (Phi) is 4.05. The molecule has 2 rings (SSSR count). The molecule has 94 valence electrons. The average molecular weight is 302 g/mol. The van der Waals surface area contributed by atoms with Gasteiger partial charge in [0.15, 0.2) is 0 Å². The van der Waals surface area contributed by atoms with Gasteiger partial charge >= 0.3 is 0 Å². The lowest BCUT2D eigenvalue weighted by Crippen LogP contribution is -2.38. The molecule has 1 aliphatic rings. The maximum Gasteiger partial charge on any atom is 0.139 e. The van der Waals surface area contributed by atoms with Crippen LogP contribution in [0.4, 0.5) is 10.1 Å². The Hall–Kier alpha value is -0.610. The fourth-order valence-electron chi connectivity index (χ4n) is 2.26. The second-order valence-corrected chi connectivity index (χ2v) is 5.62. The van der Waals surface area contributed by atoms with Crippen molar-refractivity contribution in [3.8, 4) is 0 Å². The molecule has 2 N–H and O–H groups in total. The Balaban J connectivity index is 1.94. The highest BCUT2D eigenvalue weighted by atomic mass is 79.9. The van der Waals surface area contributed by atoms with Crippen LogP contribution in [0.5, 0.6) is 0 Å². The van der Waals surface area contributed by atoms with Crippen molar-refractivity contribution in [1.29, 1.82) is 0 Å². The Morgan fingerprint density at radius 1 is 1.29 bits per heavy atom. The van der Waals surface area contributed by atoms with E-state index in [2.05, 4.69) is 21.2 Å². The van der Waals surface area contributed by atoms with Crippen LogP contribution in [0.3, 0.4) is 0 Å². The number of rotatable bonds is 3. The number of aliphatic hydroxyl groups is 1. The number of halogens is 2. The number of benzene rings is 1. The van der Waals surface area contributed by atoms with Crippen LogP contribution < -0.4 is 5.32 Å². The Morgan fingerprint density at radius 2 is 2.00 bits per heavy atom. The van der Waals surface area contributed by atoms with E-state index >= 15 is 0 Å². The molecule has 0 spiro atoms. The van der Waals surface area contributed by atoms with Gasteiger partial charge in [-0.25, -0.2) is 4.39 Å². The summed E-state index contributed by atoms with van der Waals surface area (Å²) in [4.78, 5) is 0. The van der Waals surface area contributed by atoms with Gasteiger partial charge in [-0.15, -0.1) is 0 Å². The van der Waals surface area contributed by atoms with E-state index in [1.54, 1.807) is 12.1 Å². The summed E-state index contributed by atoms with van der Waals surface area (Å²) in [5.41, 5.74) is 0.0895. The molecule has 4 heteroatoms. The molecule has 1 aliphatic carbocycles. The largest absolute Gasteiger partial charge is 0.388 e. The predicted octanol–water partition coefficient (Wildman–Crippen LogP) is 3.70. The standard InChI is InChI=1S/C13H17BrFNO/c14-11-5-4-10(8-12(11)15)16-9-13(17)6-2-1-3-7-13/h4-5,8,16-17H,1-3,6-7,9H2. The fraction of sp³-hybridized carbons (Fsp3) is 0.538. The van der Waals surface area contributed by atoms with Crippen molar-refractivity contribution in [2.75, 3.05) is 11.9 Å². The zero-order chi connectivity index (χ0) is 12.3. The van der Waals surface area contributed by atoms with Crippen molar-refractivity contribution >= 4 is 21.6 Å². The van der Waals surface area contributed by atoms with Gasteiger partial charge in [0.25, 0.3) is 0 Å². The normalized spacial score (nSPS) is 19.0. The molecule has 1 aromatic carbocycles. The van der Waals surface area contributed by atoms with Gasteiger partial charge in [-0.05, 0) is 47.0 Å². The number of hydrogen-bond donors (Lipinski definition) is 2. The first-order valence-corrected chi connectivity index (χ1v) is 6.80. The van der Waals surface area contributed by atoms with Crippen LogP contribution in [0.25, 0.3) is 0 Å². The molecule has 1 saturated carbocycles. The van der Waals surface area contributed by atoms with E-state index in [0.717, 1.165) is 25.7 Å².